The van der Waals surface area contributed by atoms with E-state index >= 15 is 0 Å². The van der Waals surface area contributed by atoms with Gasteiger partial charge in [-0.05, 0) is 85.9 Å². The van der Waals surface area contributed by atoms with Crippen molar-refractivity contribution in [3.8, 4) is 0 Å². The van der Waals surface area contributed by atoms with E-state index in [1.54, 1.807) is 6.92 Å². The fourth-order valence-electron chi connectivity index (χ4n) is 12.1. The second kappa shape index (κ2) is 11.0. The molecule has 0 bridgehead atoms. The van der Waals surface area contributed by atoms with Crippen LogP contribution in [-0.4, -0.2) is 65.4 Å². The summed E-state index contributed by atoms with van der Waals surface area (Å²) in [6.07, 6.45) is 5.68. The van der Waals surface area contributed by atoms with E-state index in [9.17, 15) is 19.2 Å². The number of hydrogen-bond acceptors (Lipinski definition) is 8. The topological polar surface area (TPSA) is 108 Å². The summed E-state index contributed by atoms with van der Waals surface area (Å²) in [5, 5.41) is 0. The highest BCUT2D eigenvalue weighted by molar-refractivity contribution is 5.74. The van der Waals surface area contributed by atoms with E-state index in [-0.39, 0.29) is 94.6 Å². The minimum atomic E-state index is -0.608. The molecule has 246 valence electrons. The number of esters is 3. The van der Waals surface area contributed by atoms with E-state index in [2.05, 4.69) is 27.7 Å². The summed E-state index contributed by atoms with van der Waals surface area (Å²) in [7, 11) is 0. The Hall–Kier alpha value is -2.16. The Morgan fingerprint density at radius 2 is 1.43 bits per heavy atom. The molecule has 0 aromatic rings. The van der Waals surface area contributed by atoms with Crippen molar-refractivity contribution < 1.29 is 38.1 Å². The van der Waals surface area contributed by atoms with Crippen LogP contribution < -0.4 is 0 Å². The first kappa shape index (κ1) is 31.8. The zero-order valence-electron chi connectivity index (χ0n) is 27.9. The molecular formula is C35H53NO8. The van der Waals surface area contributed by atoms with Crippen molar-refractivity contribution in [2.24, 2.45) is 52.3 Å². The first-order chi connectivity index (χ1) is 20.6. The van der Waals surface area contributed by atoms with Crippen molar-refractivity contribution in [1.82, 2.24) is 4.90 Å². The third-order valence-corrected chi connectivity index (χ3v) is 13.5. The molecule has 2 aliphatic heterocycles. The quantitative estimate of drug-likeness (QED) is 0.312. The van der Waals surface area contributed by atoms with Crippen LogP contribution in [0.1, 0.15) is 107 Å². The molecule has 14 atom stereocenters. The van der Waals surface area contributed by atoms with E-state index in [4.69, 9.17) is 18.9 Å². The summed E-state index contributed by atoms with van der Waals surface area (Å²) in [6, 6.07) is 0. The van der Waals surface area contributed by atoms with E-state index < -0.39 is 5.72 Å². The predicted molar refractivity (Wildman–Crippen MR) is 161 cm³/mol. The maximum absolute atomic E-state index is 13.0. The zero-order valence-corrected chi connectivity index (χ0v) is 27.9. The average molecular weight is 616 g/mol. The van der Waals surface area contributed by atoms with Crippen LogP contribution in [0.4, 0.5) is 0 Å². The summed E-state index contributed by atoms with van der Waals surface area (Å²) in [5.41, 5.74) is -0.990. The van der Waals surface area contributed by atoms with Crippen LogP contribution >= 0.6 is 0 Å². The van der Waals surface area contributed by atoms with Gasteiger partial charge in [-0.1, -0.05) is 27.7 Å². The van der Waals surface area contributed by atoms with Crippen molar-refractivity contribution >= 4 is 23.8 Å². The lowest BCUT2D eigenvalue weighted by Crippen LogP contribution is -2.65. The molecule has 4 aliphatic carbocycles. The minimum absolute atomic E-state index is 0.0122. The molecular weight excluding hydrogens is 562 g/mol. The van der Waals surface area contributed by atoms with Gasteiger partial charge >= 0.3 is 17.9 Å². The SMILES string of the molecule is CC(=O)OC1CCC2(C)C(C1)CC(OC(C)=O)C1C3CC4OC5(CCC(C)CN5C(C)=O)C(C)C4C3(C)CC(OC(C)=O)C12. The number of hydrogen-bond donors (Lipinski definition) is 0. The molecule has 2 saturated heterocycles. The van der Waals surface area contributed by atoms with Crippen molar-refractivity contribution in [1.29, 1.82) is 0 Å². The normalized spacial score (nSPS) is 49.3. The second-order valence-corrected chi connectivity index (χ2v) is 16.0. The van der Waals surface area contributed by atoms with Crippen LogP contribution in [0.2, 0.25) is 0 Å². The van der Waals surface area contributed by atoms with Crippen LogP contribution in [0.5, 0.6) is 0 Å². The third-order valence-electron chi connectivity index (χ3n) is 13.5. The van der Waals surface area contributed by atoms with Crippen molar-refractivity contribution in [3.63, 3.8) is 0 Å². The molecule has 4 saturated carbocycles. The molecule has 6 fully saturated rings. The molecule has 0 N–H and O–H groups in total. The second-order valence-electron chi connectivity index (χ2n) is 16.0. The molecule has 6 rings (SSSR count). The molecule has 0 aromatic carbocycles. The predicted octanol–water partition coefficient (Wildman–Crippen LogP) is 5.28. The third kappa shape index (κ3) is 4.80. The first-order valence-electron chi connectivity index (χ1n) is 17.1. The molecule has 6 aliphatic rings. The van der Waals surface area contributed by atoms with Gasteiger partial charge in [0.2, 0.25) is 5.91 Å². The monoisotopic (exact) mass is 615 g/mol. The Bertz CT molecular complexity index is 1210. The minimum Gasteiger partial charge on any atom is -0.463 e. The molecule has 0 radical (unpaired) electrons. The van der Waals surface area contributed by atoms with Crippen LogP contribution in [-0.2, 0) is 38.1 Å². The lowest BCUT2D eigenvalue weighted by molar-refractivity contribution is -0.235. The van der Waals surface area contributed by atoms with Gasteiger partial charge in [0.15, 0.2) is 0 Å². The van der Waals surface area contributed by atoms with Gasteiger partial charge in [-0.3, -0.25) is 19.2 Å². The molecule has 9 nitrogen and oxygen atoms in total. The molecule has 44 heavy (non-hydrogen) atoms. The van der Waals surface area contributed by atoms with Crippen LogP contribution in [0, 0.1) is 52.3 Å². The van der Waals surface area contributed by atoms with Crippen molar-refractivity contribution in [3.05, 3.63) is 0 Å². The highest BCUT2D eigenvalue weighted by atomic mass is 16.6. The molecule has 14 unspecified atom stereocenters. The highest BCUT2D eigenvalue weighted by Crippen LogP contribution is 2.72. The number of rotatable bonds is 3. The smallest absolute Gasteiger partial charge is 0.302 e. The van der Waals surface area contributed by atoms with Gasteiger partial charge in [0.05, 0.1) is 6.10 Å². The van der Waals surface area contributed by atoms with Crippen molar-refractivity contribution in [2.45, 2.75) is 137 Å². The molecule has 0 aromatic heterocycles. The number of fused-ring (bicyclic) bond motifs is 7. The van der Waals surface area contributed by atoms with Crippen LogP contribution in [0.3, 0.4) is 0 Å². The number of amides is 1. The maximum Gasteiger partial charge on any atom is 0.302 e. The van der Waals surface area contributed by atoms with E-state index in [1.807, 2.05) is 4.90 Å². The average Bonchev–Trinajstić information content (AvgIpc) is 3.35. The summed E-state index contributed by atoms with van der Waals surface area (Å²) in [4.78, 5) is 52.2. The summed E-state index contributed by atoms with van der Waals surface area (Å²) >= 11 is 0. The largest absolute Gasteiger partial charge is 0.463 e. The lowest BCUT2D eigenvalue weighted by Gasteiger charge is -2.64. The summed E-state index contributed by atoms with van der Waals surface area (Å²) in [5.74, 6) is 0.366. The van der Waals surface area contributed by atoms with E-state index in [1.165, 1.54) is 20.8 Å². The van der Waals surface area contributed by atoms with Gasteiger partial charge in [-0.15, -0.1) is 0 Å². The zero-order chi connectivity index (χ0) is 31.9. The van der Waals surface area contributed by atoms with Crippen LogP contribution in [0.15, 0.2) is 0 Å². The number of carbonyl (C=O) groups excluding carboxylic acids is 4. The Labute approximate surface area is 262 Å². The Kier molecular flexibility index (Phi) is 7.94. The van der Waals surface area contributed by atoms with Gasteiger partial charge in [0.25, 0.3) is 0 Å². The molecule has 1 amide bonds. The first-order valence-corrected chi connectivity index (χ1v) is 17.1. The van der Waals surface area contributed by atoms with Gasteiger partial charge in [0.1, 0.15) is 24.0 Å². The van der Waals surface area contributed by atoms with E-state index in [0.717, 1.165) is 44.9 Å². The van der Waals surface area contributed by atoms with Gasteiger partial charge in [-0.25, -0.2) is 0 Å². The van der Waals surface area contributed by atoms with Crippen LogP contribution in [0.25, 0.3) is 0 Å². The van der Waals surface area contributed by atoms with Gasteiger partial charge < -0.3 is 23.8 Å². The van der Waals surface area contributed by atoms with Gasteiger partial charge in [-0.2, -0.15) is 0 Å². The number of ether oxygens (including phenoxy) is 4. The molecule has 2 heterocycles. The number of nitrogens with zero attached hydrogens (tertiary/aromatic N) is 1. The molecule has 1 spiro atoms. The summed E-state index contributed by atoms with van der Waals surface area (Å²) in [6.45, 7) is 16.0. The Balaban J connectivity index is 1.39. The highest BCUT2D eigenvalue weighted by Gasteiger charge is 2.73. The summed E-state index contributed by atoms with van der Waals surface area (Å²) < 4.78 is 25.4. The van der Waals surface area contributed by atoms with Gasteiger partial charge in [0, 0.05) is 52.0 Å². The van der Waals surface area contributed by atoms with E-state index in [0.29, 0.717) is 18.9 Å². The number of piperidine rings is 1. The number of likely N-dealkylation sites (tertiary alicyclic amines) is 1. The Morgan fingerprint density at radius 1 is 0.773 bits per heavy atom. The van der Waals surface area contributed by atoms with Crippen molar-refractivity contribution in [2.75, 3.05) is 6.54 Å². The maximum atomic E-state index is 13.0. The fraction of sp³-hybridized carbons (Fsp3) is 0.886. The lowest BCUT2D eigenvalue weighted by atomic mass is 9.42. The Morgan fingerprint density at radius 3 is 2.07 bits per heavy atom. The molecule has 9 heteroatoms. The standard InChI is InChI=1S/C35H53NO8/c1-18-9-12-35(36(17-18)20(3)37)19(2)31-28(44-35)15-26-30-27(42-22(5)39)14-24-13-25(41-21(4)38)10-11-33(24,7)32(30)29(43-23(6)40)16-34(26,31)8/h18-19,24-32H,9-17H2,1-8H3. The number of carbonyl (C=O) groups is 4. The fourth-order valence-corrected chi connectivity index (χ4v) is 12.1.